The fourth-order valence-electron chi connectivity index (χ4n) is 2.74. The van der Waals surface area contributed by atoms with Gasteiger partial charge in [-0.05, 0) is 24.1 Å². The number of nitrogens with one attached hydrogen (secondary N) is 1. The smallest absolute Gasteiger partial charge is 0.266 e. The monoisotopic (exact) mass is 422 g/mol. The Balaban J connectivity index is 1.49. The second-order valence-corrected chi connectivity index (χ2v) is 9.79. The number of carbonyl (C=O) groups is 2. The van der Waals surface area contributed by atoms with Gasteiger partial charge in [0.1, 0.15) is 4.32 Å². The van der Waals surface area contributed by atoms with Gasteiger partial charge in [-0.25, -0.2) is 8.42 Å². The number of benzene rings is 1. The van der Waals surface area contributed by atoms with E-state index in [1.807, 2.05) is 30.3 Å². The molecule has 2 heterocycles. The molecule has 0 aromatic heterocycles. The number of sulfone groups is 1. The number of hydrogen-bond acceptors (Lipinski definition) is 6. The molecule has 2 amide bonds. The lowest BCUT2D eigenvalue weighted by Crippen LogP contribution is -2.36. The highest BCUT2D eigenvalue weighted by Crippen LogP contribution is 2.32. The van der Waals surface area contributed by atoms with Gasteiger partial charge in [0.15, 0.2) is 9.84 Å². The molecule has 0 aliphatic carbocycles. The number of hydrogen-bond donors (Lipinski definition) is 1. The zero-order valence-electron chi connectivity index (χ0n) is 14.3. The third-order valence-electron chi connectivity index (χ3n) is 4.03. The molecule has 0 spiro atoms. The highest BCUT2D eigenvalue weighted by atomic mass is 32.2. The third kappa shape index (κ3) is 5.27. The Kier molecular flexibility index (Phi) is 6.13. The van der Waals surface area contributed by atoms with Gasteiger partial charge in [0.2, 0.25) is 5.91 Å². The summed E-state index contributed by atoms with van der Waals surface area (Å²) in [6.45, 7) is 0.350. The van der Waals surface area contributed by atoms with E-state index in [2.05, 4.69) is 5.32 Å². The summed E-state index contributed by atoms with van der Waals surface area (Å²) in [6, 6.07) is 9.05. The number of thiocarbonyl (C=S) groups is 1. The molecule has 0 bridgehead atoms. The summed E-state index contributed by atoms with van der Waals surface area (Å²) in [5.41, 5.74) is 0.928. The maximum Gasteiger partial charge on any atom is 0.266 e. The first-order valence-corrected chi connectivity index (χ1v) is 11.3. The number of amides is 2. The fourth-order valence-corrected chi connectivity index (χ4v) is 5.28. The number of thioether (sulfide) groups is 1. The molecule has 2 aliphatic rings. The van der Waals surface area contributed by atoms with Crippen molar-refractivity contribution in [2.75, 3.05) is 12.3 Å². The molecule has 2 aliphatic heterocycles. The van der Waals surface area contributed by atoms with Crippen molar-refractivity contribution >= 4 is 56.0 Å². The molecule has 3 rings (SSSR count). The Bertz CT molecular complexity index is 923. The van der Waals surface area contributed by atoms with Gasteiger partial charge in [0.05, 0.1) is 16.7 Å². The second kappa shape index (κ2) is 8.37. The summed E-state index contributed by atoms with van der Waals surface area (Å²) in [7, 11) is -3.20. The Hall–Kier alpha value is -1.97. The molecule has 9 heteroatoms. The lowest BCUT2D eigenvalue weighted by atomic mass is 10.2. The molecule has 27 heavy (non-hydrogen) atoms. The highest BCUT2D eigenvalue weighted by molar-refractivity contribution is 8.26. The van der Waals surface area contributed by atoms with Crippen LogP contribution in [0.3, 0.4) is 0 Å². The van der Waals surface area contributed by atoms with Crippen molar-refractivity contribution in [3.63, 3.8) is 0 Å². The first-order valence-electron chi connectivity index (χ1n) is 8.35. The quantitative estimate of drug-likeness (QED) is 0.558. The molecule has 1 atom stereocenters. The van der Waals surface area contributed by atoms with Gasteiger partial charge in [-0.3, -0.25) is 14.5 Å². The van der Waals surface area contributed by atoms with Crippen LogP contribution >= 0.6 is 24.0 Å². The van der Waals surface area contributed by atoms with Gasteiger partial charge >= 0.3 is 0 Å². The van der Waals surface area contributed by atoms with E-state index in [-0.39, 0.29) is 24.0 Å². The van der Waals surface area contributed by atoms with Crippen LogP contribution in [-0.2, 0) is 19.4 Å². The molecule has 6 nitrogen and oxygen atoms in total. The minimum Gasteiger partial charge on any atom is -0.349 e. The standard InChI is InChI=1S/C18H18N2O4S3/c21-16(19-14-8-10-27(23,24)12-14)7-4-9-20-17(22)15(26-18(20)25)11-13-5-2-1-3-6-13/h1-3,5-6,8,10-11,14H,4,7,9,12H2,(H,19,21)/b15-11-/t14-/m1/s1. The van der Waals surface area contributed by atoms with Crippen molar-refractivity contribution in [3.8, 4) is 0 Å². The summed E-state index contributed by atoms with van der Waals surface area (Å²) in [5, 5.41) is 3.79. The van der Waals surface area contributed by atoms with Crippen molar-refractivity contribution < 1.29 is 18.0 Å². The summed E-state index contributed by atoms with van der Waals surface area (Å²) in [6.07, 6.45) is 3.92. The summed E-state index contributed by atoms with van der Waals surface area (Å²) in [4.78, 5) is 26.5. The van der Waals surface area contributed by atoms with Gasteiger partial charge in [-0.1, -0.05) is 54.3 Å². The minimum absolute atomic E-state index is 0.0995. The van der Waals surface area contributed by atoms with E-state index < -0.39 is 15.9 Å². The van der Waals surface area contributed by atoms with Crippen LogP contribution in [0.25, 0.3) is 6.08 Å². The van der Waals surface area contributed by atoms with Gasteiger partial charge in [-0.15, -0.1) is 0 Å². The topological polar surface area (TPSA) is 83.6 Å². The lowest BCUT2D eigenvalue weighted by molar-refractivity contribution is -0.124. The molecule has 142 valence electrons. The zero-order valence-corrected chi connectivity index (χ0v) is 16.8. The van der Waals surface area contributed by atoms with Crippen molar-refractivity contribution in [1.82, 2.24) is 10.2 Å². The normalized spacial score (nSPS) is 22.6. The van der Waals surface area contributed by atoms with E-state index >= 15 is 0 Å². The van der Waals surface area contributed by atoms with Gasteiger partial charge in [0, 0.05) is 18.4 Å². The number of nitrogens with zero attached hydrogens (tertiary/aromatic N) is 1. The SMILES string of the molecule is O=C(CCCN1C(=O)/C(=C/c2ccccc2)SC1=S)N[C@@H]1C=CS(=O)(=O)C1. The Morgan fingerprint density at radius 1 is 1.33 bits per heavy atom. The highest BCUT2D eigenvalue weighted by Gasteiger charge is 2.31. The third-order valence-corrected chi connectivity index (χ3v) is 6.81. The van der Waals surface area contributed by atoms with Crippen LogP contribution in [0.5, 0.6) is 0 Å². The Labute approximate surface area is 167 Å². The average Bonchev–Trinajstić information content (AvgIpc) is 3.08. The summed E-state index contributed by atoms with van der Waals surface area (Å²) < 4.78 is 23.2. The first kappa shape index (κ1) is 19.8. The predicted octanol–water partition coefficient (Wildman–Crippen LogP) is 2.09. The molecule has 1 N–H and O–H groups in total. The van der Waals surface area contributed by atoms with E-state index in [1.54, 1.807) is 6.08 Å². The average molecular weight is 423 g/mol. The molecule has 1 aromatic rings. The van der Waals surface area contributed by atoms with Crippen molar-refractivity contribution in [2.45, 2.75) is 18.9 Å². The van der Waals surface area contributed by atoms with Crippen LogP contribution in [-0.4, -0.2) is 47.8 Å². The van der Waals surface area contributed by atoms with Crippen molar-refractivity contribution in [1.29, 1.82) is 0 Å². The Morgan fingerprint density at radius 3 is 2.74 bits per heavy atom. The molecule has 1 saturated heterocycles. The molecular formula is C18H18N2O4S3. The van der Waals surface area contributed by atoms with Crippen LogP contribution in [0.2, 0.25) is 0 Å². The van der Waals surface area contributed by atoms with E-state index in [4.69, 9.17) is 12.2 Å². The summed E-state index contributed by atoms with van der Waals surface area (Å²) in [5.74, 6) is -0.497. The minimum atomic E-state index is -3.20. The molecule has 0 unspecified atom stereocenters. The maximum atomic E-state index is 12.5. The van der Waals surface area contributed by atoms with Crippen molar-refractivity contribution in [2.24, 2.45) is 0 Å². The Morgan fingerprint density at radius 2 is 2.07 bits per heavy atom. The van der Waals surface area contributed by atoms with E-state index in [0.29, 0.717) is 22.2 Å². The van der Waals surface area contributed by atoms with Crippen LogP contribution in [0.4, 0.5) is 0 Å². The second-order valence-electron chi connectivity index (χ2n) is 6.18. The maximum absolute atomic E-state index is 12.5. The number of rotatable bonds is 6. The molecule has 1 aromatic carbocycles. The fraction of sp³-hybridized carbons (Fsp3) is 0.278. The van der Waals surface area contributed by atoms with Crippen LogP contribution < -0.4 is 5.32 Å². The van der Waals surface area contributed by atoms with E-state index in [0.717, 1.165) is 11.0 Å². The van der Waals surface area contributed by atoms with E-state index in [1.165, 1.54) is 22.7 Å². The first-order chi connectivity index (χ1) is 12.8. The van der Waals surface area contributed by atoms with Gasteiger partial charge in [0.25, 0.3) is 5.91 Å². The van der Waals surface area contributed by atoms with Crippen molar-refractivity contribution in [3.05, 3.63) is 52.3 Å². The van der Waals surface area contributed by atoms with Crippen LogP contribution in [0, 0.1) is 0 Å². The zero-order chi connectivity index (χ0) is 19.4. The van der Waals surface area contributed by atoms with Crippen LogP contribution in [0.15, 0.2) is 46.7 Å². The molecule has 1 fully saturated rings. The van der Waals surface area contributed by atoms with Gasteiger partial charge in [-0.2, -0.15) is 0 Å². The van der Waals surface area contributed by atoms with Gasteiger partial charge < -0.3 is 5.32 Å². The predicted molar refractivity (Wildman–Crippen MR) is 110 cm³/mol. The van der Waals surface area contributed by atoms with E-state index in [9.17, 15) is 18.0 Å². The lowest BCUT2D eigenvalue weighted by Gasteiger charge is -2.15. The van der Waals surface area contributed by atoms with Crippen LogP contribution in [0.1, 0.15) is 18.4 Å². The molecule has 0 radical (unpaired) electrons. The largest absolute Gasteiger partial charge is 0.349 e. The number of carbonyl (C=O) groups excluding carboxylic acids is 2. The molecular weight excluding hydrogens is 404 g/mol. The summed E-state index contributed by atoms with van der Waals surface area (Å²) >= 11 is 6.54. The molecule has 0 saturated carbocycles.